The number of allylic oxidation sites excluding steroid dienone is 3. The topological polar surface area (TPSA) is 3.24 Å². The van der Waals surface area contributed by atoms with Crippen molar-refractivity contribution in [3.05, 3.63) is 23.4 Å². The summed E-state index contributed by atoms with van der Waals surface area (Å²) in [5, 5.41) is 0.232. The maximum atomic E-state index is 6.04. The second-order valence-corrected chi connectivity index (χ2v) is 4.15. The van der Waals surface area contributed by atoms with Gasteiger partial charge in [-0.25, -0.2) is 0 Å². The van der Waals surface area contributed by atoms with Crippen LogP contribution < -0.4 is 0 Å². The van der Waals surface area contributed by atoms with Crippen LogP contribution in [-0.2, 0) is 0 Å². The van der Waals surface area contributed by atoms with Gasteiger partial charge in [0.25, 0.3) is 0 Å². The van der Waals surface area contributed by atoms with Crippen LogP contribution in [0.15, 0.2) is 23.4 Å². The third kappa shape index (κ3) is 1.38. The number of likely N-dealkylation sites (N-methyl/N-ethyl adjacent to an activating group) is 1. The summed E-state index contributed by atoms with van der Waals surface area (Å²) in [4.78, 5) is 2.33. The van der Waals surface area contributed by atoms with Crippen molar-refractivity contribution in [1.82, 2.24) is 4.90 Å². The molecule has 1 atom stereocenters. The van der Waals surface area contributed by atoms with Gasteiger partial charge in [-0.3, -0.25) is 0 Å². The number of nitrogens with zero attached hydrogens (tertiary/aromatic N) is 1. The van der Waals surface area contributed by atoms with Gasteiger partial charge in [-0.15, -0.1) is 11.6 Å². The fraction of sp³-hybridized carbons (Fsp3) is 0.600. The summed E-state index contributed by atoms with van der Waals surface area (Å²) in [5.41, 5.74) is 2.96. The van der Waals surface area contributed by atoms with E-state index in [0.717, 1.165) is 6.42 Å². The van der Waals surface area contributed by atoms with Crippen LogP contribution in [0.1, 0.15) is 19.3 Å². The SMILES string of the molecule is CN1CCCC2=C1C=CC(Cl)C2. The maximum absolute atomic E-state index is 6.04. The molecule has 1 aliphatic carbocycles. The summed E-state index contributed by atoms with van der Waals surface area (Å²) in [5.74, 6) is 0. The molecule has 0 saturated heterocycles. The summed E-state index contributed by atoms with van der Waals surface area (Å²) in [6, 6.07) is 0. The molecule has 0 saturated carbocycles. The predicted octanol–water partition coefficient (Wildman–Crippen LogP) is 2.53. The average Bonchev–Trinajstić information content (AvgIpc) is 2.04. The molecule has 1 nitrogen and oxygen atoms in total. The van der Waals surface area contributed by atoms with Crippen LogP contribution in [0.3, 0.4) is 0 Å². The van der Waals surface area contributed by atoms with Crippen LogP contribution in [0.4, 0.5) is 0 Å². The van der Waals surface area contributed by atoms with Crippen molar-refractivity contribution in [2.24, 2.45) is 0 Å². The number of alkyl halides is 1. The lowest BCUT2D eigenvalue weighted by Gasteiger charge is -2.31. The first-order valence-corrected chi connectivity index (χ1v) is 4.96. The highest BCUT2D eigenvalue weighted by Crippen LogP contribution is 2.30. The molecule has 0 spiro atoms. The Morgan fingerprint density at radius 2 is 2.42 bits per heavy atom. The third-order valence-electron chi connectivity index (χ3n) is 2.65. The van der Waals surface area contributed by atoms with Crippen molar-refractivity contribution < 1.29 is 0 Å². The van der Waals surface area contributed by atoms with Crippen molar-refractivity contribution in [2.75, 3.05) is 13.6 Å². The van der Waals surface area contributed by atoms with Crippen LogP contribution >= 0.6 is 11.6 Å². The van der Waals surface area contributed by atoms with E-state index >= 15 is 0 Å². The number of rotatable bonds is 0. The Kier molecular flexibility index (Phi) is 2.14. The summed E-state index contributed by atoms with van der Waals surface area (Å²) >= 11 is 6.04. The van der Waals surface area contributed by atoms with E-state index in [0.29, 0.717) is 0 Å². The average molecular weight is 184 g/mol. The molecular weight excluding hydrogens is 170 g/mol. The molecule has 0 aromatic heterocycles. The molecule has 1 aliphatic heterocycles. The number of hydrogen-bond donors (Lipinski definition) is 0. The molecule has 2 aliphatic rings. The quantitative estimate of drug-likeness (QED) is 0.522. The van der Waals surface area contributed by atoms with E-state index in [9.17, 15) is 0 Å². The zero-order chi connectivity index (χ0) is 8.55. The minimum absolute atomic E-state index is 0.232. The predicted molar refractivity (Wildman–Crippen MR) is 52.3 cm³/mol. The molecule has 12 heavy (non-hydrogen) atoms. The first-order valence-electron chi connectivity index (χ1n) is 4.53. The van der Waals surface area contributed by atoms with Crippen LogP contribution in [-0.4, -0.2) is 23.9 Å². The highest BCUT2D eigenvalue weighted by molar-refractivity contribution is 6.22. The monoisotopic (exact) mass is 183 g/mol. The van der Waals surface area contributed by atoms with Gasteiger partial charge in [0.1, 0.15) is 0 Å². The van der Waals surface area contributed by atoms with Gasteiger partial charge in [-0.1, -0.05) is 6.08 Å². The maximum Gasteiger partial charge on any atom is 0.0557 e. The highest BCUT2D eigenvalue weighted by atomic mass is 35.5. The summed E-state index contributed by atoms with van der Waals surface area (Å²) in [7, 11) is 2.16. The lowest BCUT2D eigenvalue weighted by Crippen LogP contribution is -2.26. The molecular formula is C10H14ClN. The van der Waals surface area contributed by atoms with Gasteiger partial charge >= 0.3 is 0 Å². The van der Waals surface area contributed by atoms with Crippen LogP contribution in [0.5, 0.6) is 0 Å². The first kappa shape index (κ1) is 8.18. The van der Waals surface area contributed by atoms with E-state index < -0.39 is 0 Å². The van der Waals surface area contributed by atoms with E-state index in [1.54, 1.807) is 5.57 Å². The second-order valence-electron chi connectivity index (χ2n) is 3.59. The Bertz CT molecular complexity index is 242. The van der Waals surface area contributed by atoms with Crippen molar-refractivity contribution in [3.63, 3.8) is 0 Å². The molecule has 2 rings (SSSR count). The first-order chi connectivity index (χ1) is 5.77. The number of hydrogen-bond acceptors (Lipinski definition) is 1. The molecule has 2 heteroatoms. The third-order valence-corrected chi connectivity index (χ3v) is 2.95. The largest absolute Gasteiger partial charge is 0.375 e. The molecule has 0 N–H and O–H groups in total. The zero-order valence-corrected chi connectivity index (χ0v) is 8.14. The van der Waals surface area contributed by atoms with E-state index in [2.05, 4.69) is 24.1 Å². The second kappa shape index (κ2) is 3.14. The molecule has 0 aromatic carbocycles. The summed E-state index contributed by atoms with van der Waals surface area (Å²) < 4.78 is 0. The summed E-state index contributed by atoms with van der Waals surface area (Å²) in [6.45, 7) is 1.19. The van der Waals surface area contributed by atoms with E-state index in [-0.39, 0.29) is 5.38 Å². The molecule has 0 amide bonds. The molecule has 0 aromatic rings. The molecule has 0 bridgehead atoms. The molecule has 1 heterocycles. The normalized spacial score (nSPS) is 29.2. The highest BCUT2D eigenvalue weighted by Gasteiger charge is 2.19. The van der Waals surface area contributed by atoms with Gasteiger partial charge in [0.05, 0.1) is 5.38 Å². The Labute approximate surface area is 78.7 Å². The minimum atomic E-state index is 0.232. The Hall–Kier alpha value is -0.430. The lowest BCUT2D eigenvalue weighted by molar-refractivity contribution is 0.383. The number of halogens is 1. The van der Waals surface area contributed by atoms with Crippen molar-refractivity contribution in [2.45, 2.75) is 24.6 Å². The van der Waals surface area contributed by atoms with Crippen molar-refractivity contribution in [3.8, 4) is 0 Å². The van der Waals surface area contributed by atoms with Crippen LogP contribution in [0.2, 0.25) is 0 Å². The van der Waals surface area contributed by atoms with Crippen LogP contribution in [0, 0.1) is 0 Å². The molecule has 0 fully saturated rings. The Balaban J connectivity index is 2.25. The Morgan fingerprint density at radius 3 is 3.25 bits per heavy atom. The fourth-order valence-electron chi connectivity index (χ4n) is 2.00. The van der Waals surface area contributed by atoms with E-state index in [4.69, 9.17) is 11.6 Å². The summed E-state index contributed by atoms with van der Waals surface area (Å²) in [6.07, 6.45) is 7.86. The van der Waals surface area contributed by atoms with Gasteiger partial charge in [0.2, 0.25) is 0 Å². The molecule has 66 valence electrons. The van der Waals surface area contributed by atoms with E-state index in [1.807, 2.05) is 0 Å². The van der Waals surface area contributed by atoms with Gasteiger partial charge in [0.15, 0.2) is 0 Å². The van der Waals surface area contributed by atoms with Gasteiger partial charge in [-0.2, -0.15) is 0 Å². The van der Waals surface area contributed by atoms with Crippen LogP contribution in [0.25, 0.3) is 0 Å². The van der Waals surface area contributed by atoms with Gasteiger partial charge in [0, 0.05) is 19.3 Å². The molecule has 1 unspecified atom stereocenters. The zero-order valence-electron chi connectivity index (χ0n) is 7.39. The lowest BCUT2D eigenvalue weighted by atomic mass is 9.94. The Morgan fingerprint density at radius 1 is 1.58 bits per heavy atom. The molecule has 0 radical (unpaired) electrons. The van der Waals surface area contributed by atoms with Gasteiger partial charge < -0.3 is 4.90 Å². The van der Waals surface area contributed by atoms with Crippen molar-refractivity contribution >= 4 is 11.6 Å². The van der Waals surface area contributed by atoms with Gasteiger partial charge in [-0.05, 0) is 30.9 Å². The van der Waals surface area contributed by atoms with E-state index in [1.165, 1.54) is 25.1 Å². The van der Waals surface area contributed by atoms with Crippen molar-refractivity contribution in [1.29, 1.82) is 0 Å². The smallest absolute Gasteiger partial charge is 0.0557 e. The standard InChI is InChI=1S/C10H14ClN/c1-12-6-2-3-8-7-9(11)4-5-10(8)12/h4-5,9H,2-3,6-7H2,1H3. The fourth-order valence-corrected chi connectivity index (χ4v) is 2.26. The minimum Gasteiger partial charge on any atom is -0.375 e.